The highest BCUT2D eigenvalue weighted by atomic mass is 127. The normalized spacial score (nSPS) is 11.4. The summed E-state index contributed by atoms with van der Waals surface area (Å²) in [5.74, 6) is 2.08. The number of aliphatic imine (C=N–C) groups is 1. The highest BCUT2D eigenvalue weighted by molar-refractivity contribution is 14.0. The van der Waals surface area contributed by atoms with Crippen molar-refractivity contribution in [2.75, 3.05) is 26.8 Å². The van der Waals surface area contributed by atoms with Crippen LogP contribution in [0.5, 0.6) is 5.88 Å². The number of hydrogen-bond acceptors (Lipinski definition) is 4. The lowest BCUT2D eigenvalue weighted by Crippen LogP contribution is -2.38. The van der Waals surface area contributed by atoms with E-state index in [0.717, 1.165) is 31.1 Å². The minimum absolute atomic E-state index is 0. The summed E-state index contributed by atoms with van der Waals surface area (Å²) in [6.45, 7) is 11.2. The molecule has 0 atom stereocenters. The Kier molecular flexibility index (Phi) is 13.5. The van der Waals surface area contributed by atoms with Crippen LogP contribution in [0.1, 0.15) is 39.7 Å². The van der Waals surface area contributed by atoms with Crippen molar-refractivity contribution in [3.05, 3.63) is 23.9 Å². The van der Waals surface area contributed by atoms with Crippen molar-refractivity contribution < 1.29 is 9.47 Å². The molecule has 144 valence electrons. The monoisotopic (exact) mass is 464 g/mol. The number of aromatic nitrogens is 1. The lowest BCUT2D eigenvalue weighted by Gasteiger charge is -2.13. The molecule has 0 amide bonds. The third-order valence-electron chi connectivity index (χ3n) is 3.22. The molecular formula is C18H33IN4O2. The van der Waals surface area contributed by atoms with E-state index in [1.165, 1.54) is 0 Å². The lowest BCUT2D eigenvalue weighted by atomic mass is 10.1. The third kappa shape index (κ3) is 12.0. The van der Waals surface area contributed by atoms with Gasteiger partial charge in [-0.2, -0.15) is 0 Å². The summed E-state index contributed by atoms with van der Waals surface area (Å²) < 4.78 is 11.1. The van der Waals surface area contributed by atoms with Gasteiger partial charge in [0.15, 0.2) is 5.96 Å². The molecule has 0 saturated carbocycles. The van der Waals surface area contributed by atoms with Crippen LogP contribution in [0.4, 0.5) is 0 Å². The second-order valence-corrected chi connectivity index (χ2v) is 6.32. The summed E-state index contributed by atoms with van der Waals surface area (Å²) in [7, 11) is 1.76. The van der Waals surface area contributed by atoms with Crippen molar-refractivity contribution in [1.29, 1.82) is 0 Å². The van der Waals surface area contributed by atoms with Crippen molar-refractivity contribution in [1.82, 2.24) is 15.6 Å². The molecule has 0 aromatic carbocycles. The van der Waals surface area contributed by atoms with Crippen LogP contribution in [-0.2, 0) is 11.3 Å². The second kappa shape index (κ2) is 14.1. The second-order valence-electron chi connectivity index (χ2n) is 6.32. The molecule has 0 unspecified atom stereocenters. The van der Waals surface area contributed by atoms with Crippen LogP contribution in [0.25, 0.3) is 0 Å². The summed E-state index contributed by atoms with van der Waals surface area (Å²) in [6, 6.07) is 3.88. The number of rotatable bonds is 10. The van der Waals surface area contributed by atoms with E-state index in [4.69, 9.17) is 9.47 Å². The maximum atomic E-state index is 5.58. The zero-order valence-electron chi connectivity index (χ0n) is 16.0. The Hall–Kier alpha value is -1.09. The first kappa shape index (κ1) is 23.9. The fourth-order valence-electron chi connectivity index (χ4n) is 1.90. The molecule has 0 spiro atoms. The summed E-state index contributed by atoms with van der Waals surface area (Å²) in [4.78, 5) is 8.49. The fraction of sp³-hybridized carbons (Fsp3) is 0.667. The van der Waals surface area contributed by atoms with E-state index in [-0.39, 0.29) is 30.1 Å². The van der Waals surface area contributed by atoms with Crippen LogP contribution in [0.15, 0.2) is 23.3 Å². The van der Waals surface area contributed by atoms with Gasteiger partial charge in [0.25, 0.3) is 0 Å². The molecular weight excluding hydrogens is 431 g/mol. The predicted molar refractivity (Wildman–Crippen MR) is 114 cm³/mol. The van der Waals surface area contributed by atoms with Crippen molar-refractivity contribution in [2.24, 2.45) is 10.9 Å². The van der Waals surface area contributed by atoms with Gasteiger partial charge >= 0.3 is 0 Å². The molecule has 1 aromatic rings. The van der Waals surface area contributed by atoms with E-state index in [9.17, 15) is 0 Å². The number of pyridine rings is 1. The standard InChI is InChI=1S/C18H32N4O2.HI/c1-14(2)8-10-23-11-9-20-18(19-5)22-13-16-6-7-17(21-12-16)24-15(3)4;/h6-7,12,14-15H,8-11,13H2,1-5H3,(H2,19,20,22);1H. The SMILES string of the molecule is CN=C(NCCOCCC(C)C)NCc1ccc(OC(C)C)nc1.I. The Morgan fingerprint density at radius 2 is 1.92 bits per heavy atom. The molecule has 1 heterocycles. The zero-order chi connectivity index (χ0) is 17.8. The molecule has 1 aromatic heterocycles. The van der Waals surface area contributed by atoms with Gasteiger partial charge in [-0.05, 0) is 31.7 Å². The predicted octanol–water partition coefficient (Wildman–Crippen LogP) is 3.21. The number of guanidine groups is 1. The van der Waals surface area contributed by atoms with E-state index in [1.807, 2.05) is 32.2 Å². The van der Waals surface area contributed by atoms with E-state index in [0.29, 0.717) is 24.9 Å². The van der Waals surface area contributed by atoms with Gasteiger partial charge in [-0.3, -0.25) is 4.99 Å². The van der Waals surface area contributed by atoms with E-state index in [1.54, 1.807) is 7.05 Å². The Bertz CT molecular complexity index is 478. The summed E-state index contributed by atoms with van der Waals surface area (Å²) in [6.07, 6.45) is 3.04. The van der Waals surface area contributed by atoms with Crippen LogP contribution < -0.4 is 15.4 Å². The van der Waals surface area contributed by atoms with Crippen LogP contribution in [0, 0.1) is 5.92 Å². The molecule has 0 aliphatic rings. The minimum atomic E-state index is 0. The highest BCUT2D eigenvalue weighted by Crippen LogP contribution is 2.09. The van der Waals surface area contributed by atoms with Crippen LogP contribution >= 0.6 is 24.0 Å². The van der Waals surface area contributed by atoms with Crippen molar-refractivity contribution in [3.63, 3.8) is 0 Å². The van der Waals surface area contributed by atoms with Crippen LogP contribution in [0.3, 0.4) is 0 Å². The Labute approximate surface area is 169 Å². The minimum Gasteiger partial charge on any atom is -0.475 e. The summed E-state index contributed by atoms with van der Waals surface area (Å²) in [5, 5.41) is 6.49. The number of halogens is 1. The first-order valence-electron chi connectivity index (χ1n) is 8.65. The van der Waals surface area contributed by atoms with Gasteiger partial charge in [0.2, 0.25) is 5.88 Å². The first-order valence-corrected chi connectivity index (χ1v) is 8.65. The largest absolute Gasteiger partial charge is 0.475 e. The first-order chi connectivity index (χ1) is 11.5. The maximum absolute atomic E-state index is 5.58. The molecule has 0 saturated heterocycles. The smallest absolute Gasteiger partial charge is 0.213 e. The quantitative estimate of drug-likeness (QED) is 0.241. The van der Waals surface area contributed by atoms with E-state index in [2.05, 4.69) is 34.5 Å². The van der Waals surface area contributed by atoms with Gasteiger partial charge in [-0.1, -0.05) is 19.9 Å². The van der Waals surface area contributed by atoms with Gasteiger partial charge in [0, 0.05) is 39.0 Å². The topological polar surface area (TPSA) is 67.8 Å². The average molecular weight is 464 g/mol. The zero-order valence-corrected chi connectivity index (χ0v) is 18.4. The van der Waals surface area contributed by atoms with Crippen LogP contribution in [0.2, 0.25) is 0 Å². The Morgan fingerprint density at radius 1 is 1.16 bits per heavy atom. The van der Waals surface area contributed by atoms with Crippen LogP contribution in [-0.4, -0.2) is 43.9 Å². The molecule has 0 aliphatic carbocycles. The van der Waals surface area contributed by atoms with Gasteiger partial charge in [-0.25, -0.2) is 4.98 Å². The molecule has 0 radical (unpaired) electrons. The van der Waals surface area contributed by atoms with Gasteiger partial charge < -0.3 is 20.1 Å². The molecule has 7 heteroatoms. The lowest BCUT2D eigenvalue weighted by molar-refractivity contribution is 0.128. The number of nitrogens with one attached hydrogen (secondary N) is 2. The fourth-order valence-corrected chi connectivity index (χ4v) is 1.90. The highest BCUT2D eigenvalue weighted by Gasteiger charge is 2.01. The Morgan fingerprint density at radius 3 is 2.48 bits per heavy atom. The molecule has 2 N–H and O–H groups in total. The molecule has 25 heavy (non-hydrogen) atoms. The summed E-state index contributed by atoms with van der Waals surface area (Å²) >= 11 is 0. The van der Waals surface area contributed by atoms with Crippen molar-refractivity contribution in [2.45, 2.75) is 46.8 Å². The van der Waals surface area contributed by atoms with E-state index >= 15 is 0 Å². The molecule has 0 fully saturated rings. The van der Waals surface area contributed by atoms with Gasteiger partial charge in [0.05, 0.1) is 12.7 Å². The van der Waals surface area contributed by atoms with Gasteiger partial charge in [0.1, 0.15) is 0 Å². The molecule has 6 nitrogen and oxygen atoms in total. The molecule has 1 rings (SSSR count). The molecule has 0 aliphatic heterocycles. The Balaban J connectivity index is 0.00000576. The average Bonchev–Trinajstić information content (AvgIpc) is 2.54. The van der Waals surface area contributed by atoms with Crippen molar-refractivity contribution >= 4 is 29.9 Å². The molecule has 0 bridgehead atoms. The maximum Gasteiger partial charge on any atom is 0.213 e. The third-order valence-corrected chi connectivity index (χ3v) is 3.22. The van der Waals surface area contributed by atoms with Crippen molar-refractivity contribution in [3.8, 4) is 5.88 Å². The number of ether oxygens (including phenoxy) is 2. The summed E-state index contributed by atoms with van der Waals surface area (Å²) in [5.41, 5.74) is 1.07. The number of nitrogens with zero attached hydrogens (tertiary/aromatic N) is 2. The van der Waals surface area contributed by atoms with Gasteiger partial charge in [-0.15, -0.1) is 24.0 Å². The van der Waals surface area contributed by atoms with E-state index < -0.39 is 0 Å². The number of hydrogen-bond donors (Lipinski definition) is 2.